The molecule has 0 radical (unpaired) electrons. The molecule has 112 valence electrons. The van der Waals surface area contributed by atoms with Crippen LogP contribution in [0.15, 0.2) is 18.2 Å². The first-order valence-corrected chi connectivity index (χ1v) is 8.16. The molecule has 0 amide bonds. The molecule has 1 aromatic rings. The van der Waals surface area contributed by atoms with Crippen LogP contribution in [0.2, 0.25) is 10.0 Å². The number of likely N-dealkylation sites (tertiary alicyclic amines) is 1. The molecule has 1 heterocycles. The maximum atomic E-state index is 6.48. The van der Waals surface area contributed by atoms with E-state index in [1.807, 2.05) is 19.2 Å². The van der Waals surface area contributed by atoms with Crippen LogP contribution >= 0.6 is 23.2 Å². The van der Waals surface area contributed by atoms with E-state index < -0.39 is 0 Å². The van der Waals surface area contributed by atoms with Gasteiger partial charge < -0.3 is 5.32 Å². The zero-order valence-electron chi connectivity index (χ0n) is 12.5. The van der Waals surface area contributed by atoms with Crippen molar-refractivity contribution in [3.63, 3.8) is 0 Å². The fourth-order valence-corrected chi connectivity index (χ4v) is 3.76. The Morgan fingerprint density at radius 2 is 2.10 bits per heavy atom. The first-order valence-electron chi connectivity index (χ1n) is 7.40. The van der Waals surface area contributed by atoms with Crippen LogP contribution in [0.3, 0.4) is 0 Å². The van der Waals surface area contributed by atoms with E-state index in [9.17, 15) is 0 Å². The van der Waals surface area contributed by atoms with Crippen molar-refractivity contribution in [3.05, 3.63) is 33.8 Å². The number of hydrogen-bond donors (Lipinski definition) is 1. The van der Waals surface area contributed by atoms with Gasteiger partial charge in [-0.25, -0.2) is 0 Å². The van der Waals surface area contributed by atoms with Crippen LogP contribution in [0, 0.1) is 5.92 Å². The fourth-order valence-electron chi connectivity index (χ4n) is 3.34. The van der Waals surface area contributed by atoms with E-state index in [2.05, 4.69) is 30.1 Å². The maximum absolute atomic E-state index is 6.48. The second kappa shape index (κ2) is 7.13. The molecular formula is C16H24Cl2N2. The number of hydrogen-bond acceptors (Lipinski definition) is 2. The first kappa shape index (κ1) is 16.1. The second-order valence-corrected chi connectivity index (χ2v) is 6.66. The topological polar surface area (TPSA) is 15.3 Å². The number of benzene rings is 1. The number of nitrogens with zero attached hydrogens (tertiary/aromatic N) is 1. The van der Waals surface area contributed by atoms with Crippen molar-refractivity contribution in [1.82, 2.24) is 10.2 Å². The standard InChI is InChI=1S/C16H24Cl2N2/c1-11(2)20-9-5-6-12(10-19-3)16(20)13-7-4-8-14(17)15(13)18/h4,7-8,11-12,16,19H,5-6,9-10H2,1-3H3. The molecule has 20 heavy (non-hydrogen) atoms. The number of nitrogens with one attached hydrogen (secondary N) is 1. The van der Waals surface area contributed by atoms with Crippen molar-refractivity contribution >= 4 is 23.2 Å². The van der Waals surface area contributed by atoms with Gasteiger partial charge >= 0.3 is 0 Å². The molecule has 2 unspecified atom stereocenters. The third kappa shape index (κ3) is 3.30. The molecule has 1 aliphatic rings. The molecule has 0 saturated carbocycles. The highest BCUT2D eigenvalue weighted by Gasteiger charge is 2.34. The summed E-state index contributed by atoms with van der Waals surface area (Å²) in [6.07, 6.45) is 2.48. The highest BCUT2D eigenvalue weighted by atomic mass is 35.5. The third-order valence-electron chi connectivity index (χ3n) is 4.22. The minimum atomic E-state index is 0.349. The van der Waals surface area contributed by atoms with E-state index >= 15 is 0 Å². The van der Waals surface area contributed by atoms with Crippen molar-refractivity contribution in [2.75, 3.05) is 20.1 Å². The van der Waals surface area contributed by atoms with Gasteiger partial charge in [-0.05, 0) is 64.4 Å². The molecular weight excluding hydrogens is 291 g/mol. The van der Waals surface area contributed by atoms with E-state index in [0.29, 0.717) is 28.0 Å². The van der Waals surface area contributed by atoms with Crippen molar-refractivity contribution in [3.8, 4) is 0 Å². The summed E-state index contributed by atoms with van der Waals surface area (Å²) in [5, 5.41) is 4.70. The van der Waals surface area contributed by atoms with E-state index in [0.717, 1.165) is 13.1 Å². The highest BCUT2D eigenvalue weighted by molar-refractivity contribution is 6.42. The lowest BCUT2D eigenvalue weighted by Gasteiger charge is -2.44. The zero-order valence-corrected chi connectivity index (χ0v) is 14.0. The SMILES string of the molecule is CNCC1CCCN(C(C)C)C1c1cccc(Cl)c1Cl. The summed E-state index contributed by atoms with van der Waals surface area (Å²) in [5.41, 5.74) is 1.17. The van der Waals surface area contributed by atoms with E-state index in [1.54, 1.807) is 0 Å². The largest absolute Gasteiger partial charge is 0.319 e. The Morgan fingerprint density at radius 1 is 1.35 bits per heavy atom. The molecule has 1 fully saturated rings. The van der Waals surface area contributed by atoms with E-state index in [1.165, 1.54) is 18.4 Å². The van der Waals surface area contributed by atoms with Crippen molar-refractivity contribution in [2.45, 2.75) is 38.8 Å². The van der Waals surface area contributed by atoms with Crippen LogP contribution in [-0.2, 0) is 0 Å². The summed E-state index contributed by atoms with van der Waals surface area (Å²) in [7, 11) is 2.02. The average molecular weight is 315 g/mol. The normalized spacial score (nSPS) is 24.3. The summed E-state index contributed by atoms with van der Waals surface area (Å²) in [6.45, 7) is 6.66. The first-order chi connectivity index (χ1) is 9.56. The van der Waals surface area contributed by atoms with Gasteiger partial charge in [-0.1, -0.05) is 35.3 Å². The fraction of sp³-hybridized carbons (Fsp3) is 0.625. The Labute approximate surface area is 132 Å². The van der Waals surface area contributed by atoms with Gasteiger partial charge in [-0.2, -0.15) is 0 Å². The van der Waals surface area contributed by atoms with Crippen LogP contribution in [-0.4, -0.2) is 31.1 Å². The molecule has 2 rings (SSSR count). The molecule has 0 bridgehead atoms. The van der Waals surface area contributed by atoms with Crippen molar-refractivity contribution in [2.24, 2.45) is 5.92 Å². The smallest absolute Gasteiger partial charge is 0.0640 e. The summed E-state index contributed by atoms with van der Waals surface area (Å²) < 4.78 is 0. The summed E-state index contributed by atoms with van der Waals surface area (Å²) in [5.74, 6) is 0.576. The highest BCUT2D eigenvalue weighted by Crippen LogP contribution is 2.41. The predicted octanol–water partition coefficient (Wildman–Crippen LogP) is 4.37. The lowest BCUT2D eigenvalue weighted by atomic mass is 9.83. The van der Waals surface area contributed by atoms with Gasteiger partial charge in [0, 0.05) is 12.1 Å². The Hall–Kier alpha value is -0.280. The molecule has 2 nitrogen and oxygen atoms in total. The molecule has 1 N–H and O–H groups in total. The van der Waals surface area contributed by atoms with Gasteiger partial charge in [0.05, 0.1) is 10.0 Å². The third-order valence-corrected chi connectivity index (χ3v) is 5.06. The monoisotopic (exact) mass is 314 g/mol. The van der Waals surface area contributed by atoms with E-state index in [-0.39, 0.29) is 0 Å². The van der Waals surface area contributed by atoms with Gasteiger partial charge in [-0.3, -0.25) is 4.90 Å². The molecule has 2 atom stereocenters. The molecule has 1 saturated heterocycles. The van der Waals surface area contributed by atoms with Crippen LogP contribution in [0.25, 0.3) is 0 Å². The number of halogens is 2. The Balaban J connectivity index is 2.40. The van der Waals surface area contributed by atoms with Gasteiger partial charge in [0.15, 0.2) is 0 Å². The molecule has 0 aromatic heterocycles. The van der Waals surface area contributed by atoms with Gasteiger partial charge in [-0.15, -0.1) is 0 Å². The molecule has 1 aromatic carbocycles. The zero-order chi connectivity index (χ0) is 14.7. The lowest BCUT2D eigenvalue weighted by Crippen LogP contribution is -2.45. The number of piperidine rings is 1. The average Bonchev–Trinajstić information content (AvgIpc) is 2.42. The van der Waals surface area contributed by atoms with Gasteiger partial charge in [0.2, 0.25) is 0 Å². The van der Waals surface area contributed by atoms with Crippen LogP contribution in [0.5, 0.6) is 0 Å². The second-order valence-electron chi connectivity index (χ2n) is 5.88. The van der Waals surface area contributed by atoms with E-state index in [4.69, 9.17) is 23.2 Å². The summed E-state index contributed by atoms with van der Waals surface area (Å²) in [6, 6.07) is 6.86. The predicted molar refractivity (Wildman–Crippen MR) is 87.7 cm³/mol. The van der Waals surface area contributed by atoms with Crippen molar-refractivity contribution in [1.29, 1.82) is 0 Å². The van der Waals surface area contributed by atoms with Gasteiger partial charge in [0.25, 0.3) is 0 Å². The van der Waals surface area contributed by atoms with Crippen LogP contribution < -0.4 is 5.32 Å². The van der Waals surface area contributed by atoms with Crippen molar-refractivity contribution < 1.29 is 0 Å². The molecule has 1 aliphatic heterocycles. The van der Waals surface area contributed by atoms with Gasteiger partial charge in [0.1, 0.15) is 0 Å². The lowest BCUT2D eigenvalue weighted by molar-refractivity contribution is 0.0637. The Bertz CT molecular complexity index is 446. The quantitative estimate of drug-likeness (QED) is 0.887. The molecule has 4 heteroatoms. The van der Waals surface area contributed by atoms with Crippen LogP contribution in [0.1, 0.15) is 38.3 Å². The Kier molecular flexibility index (Phi) is 5.74. The molecule has 0 aliphatic carbocycles. The minimum Gasteiger partial charge on any atom is -0.319 e. The minimum absolute atomic E-state index is 0.349. The number of rotatable bonds is 4. The van der Waals surface area contributed by atoms with Crippen LogP contribution in [0.4, 0.5) is 0 Å². The summed E-state index contributed by atoms with van der Waals surface area (Å²) in [4.78, 5) is 2.56. The molecule has 0 spiro atoms. The summed E-state index contributed by atoms with van der Waals surface area (Å²) >= 11 is 12.7. The Morgan fingerprint density at radius 3 is 2.75 bits per heavy atom. The maximum Gasteiger partial charge on any atom is 0.0640 e.